The molecule has 0 unspecified atom stereocenters. The van der Waals surface area contributed by atoms with Gasteiger partial charge >= 0.3 is 0 Å². The van der Waals surface area contributed by atoms with Crippen LogP contribution in [0.3, 0.4) is 0 Å². The highest BCUT2D eigenvalue weighted by Crippen LogP contribution is 2.29. The van der Waals surface area contributed by atoms with Gasteiger partial charge in [-0.2, -0.15) is 4.98 Å². The standard InChI is InChI=1S/C24H22FN5O3S/c1-16-10-17(8-9-26-16)13-33-22-12-19(25)6-7-21(22)23-27-15-28-24(30-23)29-20-5-3-4-18(11-20)14-34(2,31)32/h3-12,15H,13-14H2,1-2H3,(H,27,28,29,30). The summed E-state index contributed by atoms with van der Waals surface area (Å²) >= 11 is 0. The number of benzene rings is 2. The lowest BCUT2D eigenvalue weighted by atomic mass is 10.1. The third-order valence-electron chi connectivity index (χ3n) is 4.72. The highest BCUT2D eigenvalue weighted by Gasteiger charge is 2.13. The quantitative estimate of drug-likeness (QED) is 0.400. The highest BCUT2D eigenvalue weighted by atomic mass is 32.2. The molecule has 0 fully saturated rings. The fraction of sp³-hybridized carbons (Fsp3) is 0.167. The van der Waals surface area contributed by atoms with Gasteiger partial charge in [0, 0.05) is 29.9 Å². The molecule has 4 aromatic rings. The number of aromatic nitrogens is 4. The summed E-state index contributed by atoms with van der Waals surface area (Å²) in [4.78, 5) is 17.0. The van der Waals surface area contributed by atoms with E-state index in [4.69, 9.17) is 4.74 Å². The first-order valence-corrected chi connectivity index (χ1v) is 12.4. The predicted octanol–water partition coefficient (Wildman–Crippen LogP) is 4.25. The van der Waals surface area contributed by atoms with E-state index in [2.05, 4.69) is 25.3 Å². The number of sulfone groups is 1. The van der Waals surface area contributed by atoms with E-state index >= 15 is 0 Å². The SMILES string of the molecule is Cc1cc(COc2cc(F)ccc2-c2ncnc(Nc3cccc(CS(C)(=O)=O)c3)n2)ccn1. The summed E-state index contributed by atoms with van der Waals surface area (Å²) in [6.45, 7) is 2.11. The first-order valence-electron chi connectivity index (χ1n) is 10.3. The summed E-state index contributed by atoms with van der Waals surface area (Å²) in [5.41, 5.74) is 3.52. The van der Waals surface area contributed by atoms with E-state index in [1.54, 1.807) is 36.5 Å². The summed E-state index contributed by atoms with van der Waals surface area (Å²) in [5.74, 6) is 0.326. The molecule has 2 aromatic carbocycles. The first-order chi connectivity index (χ1) is 16.2. The summed E-state index contributed by atoms with van der Waals surface area (Å²) in [6, 6.07) is 14.8. The van der Waals surface area contributed by atoms with Crippen LogP contribution in [0.1, 0.15) is 16.8 Å². The van der Waals surface area contributed by atoms with Crippen LogP contribution >= 0.6 is 0 Å². The molecule has 0 spiro atoms. The van der Waals surface area contributed by atoms with Gasteiger partial charge in [0.25, 0.3) is 0 Å². The summed E-state index contributed by atoms with van der Waals surface area (Å²) in [7, 11) is -3.16. The Morgan fingerprint density at radius 1 is 1.00 bits per heavy atom. The van der Waals surface area contributed by atoms with Crippen molar-refractivity contribution >= 4 is 21.5 Å². The van der Waals surface area contributed by atoms with Crippen molar-refractivity contribution in [3.63, 3.8) is 0 Å². The number of hydrogen-bond acceptors (Lipinski definition) is 8. The molecule has 0 radical (unpaired) electrons. The van der Waals surface area contributed by atoms with Gasteiger partial charge in [0.1, 0.15) is 24.5 Å². The maximum Gasteiger partial charge on any atom is 0.230 e. The van der Waals surface area contributed by atoms with Crippen LogP contribution in [0.4, 0.5) is 16.0 Å². The molecule has 0 aliphatic carbocycles. The van der Waals surface area contributed by atoms with Crippen molar-refractivity contribution in [3.05, 3.63) is 89.8 Å². The second-order valence-corrected chi connectivity index (χ2v) is 9.90. The summed E-state index contributed by atoms with van der Waals surface area (Å²) < 4.78 is 43.1. The normalized spacial score (nSPS) is 11.3. The molecule has 0 atom stereocenters. The van der Waals surface area contributed by atoms with Gasteiger partial charge in [0.2, 0.25) is 5.95 Å². The van der Waals surface area contributed by atoms with Gasteiger partial charge in [-0.25, -0.2) is 22.8 Å². The molecule has 0 saturated carbocycles. The fourth-order valence-corrected chi connectivity index (χ4v) is 4.10. The molecule has 10 heteroatoms. The van der Waals surface area contributed by atoms with Gasteiger partial charge in [-0.3, -0.25) is 4.98 Å². The molecule has 1 N–H and O–H groups in total. The lowest BCUT2D eigenvalue weighted by molar-refractivity contribution is 0.305. The molecule has 4 rings (SSSR count). The van der Waals surface area contributed by atoms with Crippen molar-refractivity contribution in [2.75, 3.05) is 11.6 Å². The third kappa shape index (κ3) is 6.32. The van der Waals surface area contributed by atoms with E-state index in [1.807, 2.05) is 19.1 Å². The van der Waals surface area contributed by atoms with E-state index in [0.717, 1.165) is 11.3 Å². The van der Waals surface area contributed by atoms with Crippen molar-refractivity contribution in [2.24, 2.45) is 0 Å². The monoisotopic (exact) mass is 479 g/mol. The summed E-state index contributed by atoms with van der Waals surface area (Å²) in [5, 5.41) is 3.06. The van der Waals surface area contributed by atoms with Crippen molar-refractivity contribution in [1.82, 2.24) is 19.9 Å². The molecular weight excluding hydrogens is 457 g/mol. The number of aryl methyl sites for hydroxylation is 1. The number of anilines is 2. The smallest absolute Gasteiger partial charge is 0.230 e. The van der Waals surface area contributed by atoms with Crippen LogP contribution in [-0.4, -0.2) is 34.6 Å². The van der Waals surface area contributed by atoms with Crippen LogP contribution in [0, 0.1) is 12.7 Å². The van der Waals surface area contributed by atoms with Crippen LogP contribution in [0.25, 0.3) is 11.4 Å². The molecule has 0 aliphatic heterocycles. The van der Waals surface area contributed by atoms with E-state index in [1.165, 1.54) is 24.7 Å². The molecule has 2 aromatic heterocycles. The number of pyridine rings is 1. The summed E-state index contributed by atoms with van der Waals surface area (Å²) in [6.07, 6.45) is 4.21. The molecule has 0 amide bonds. The Labute approximate surface area is 196 Å². The molecule has 0 aliphatic rings. The molecular formula is C24H22FN5O3S. The molecule has 174 valence electrons. The largest absolute Gasteiger partial charge is 0.488 e. The van der Waals surface area contributed by atoms with E-state index < -0.39 is 15.7 Å². The number of nitrogens with one attached hydrogen (secondary N) is 1. The second kappa shape index (κ2) is 9.92. The van der Waals surface area contributed by atoms with E-state index in [0.29, 0.717) is 28.4 Å². The maximum atomic E-state index is 14.0. The zero-order valence-electron chi connectivity index (χ0n) is 18.6. The lowest BCUT2D eigenvalue weighted by Gasteiger charge is -2.12. The van der Waals surface area contributed by atoms with E-state index in [-0.39, 0.29) is 18.3 Å². The Balaban J connectivity index is 1.57. The molecule has 34 heavy (non-hydrogen) atoms. The third-order valence-corrected chi connectivity index (χ3v) is 5.58. The molecule has 2 heterocycles. The molecule has 8 nitrogen and oxygen atoms in total. The topological polar surface area (TPSA) is 107 Å². The average molecular weight is 480 g/mol. The van der Waals surface area contributed by atoms with Crippen LogP contribution in [0.2, 0.25) is 0 Å². The second-order valence-electron chi connectivity index (χ2n) is 7.76. The van der Waals surface area contributed by atoms with Crippen molar-refractivity contribution in [1.29, 1.82) is 0 Å². The first kappa shape index (κ1) is 23.2. The zero-order chi connectivity index (χ0) is 24.1. The Kier molecular flexibility index (Phi) is 6.78. The fourth-order valence-electron chi connectivity index (χ4n) is 3.31. The van der Waals surface area contributed by atoms with Gasteiger partial charge in [0.05, 0.1) is 11.3 Å². The number of nitrogens with zero attached hydrogens (tertiary/aromatic N) is 4. The van der Waals surface area contributed by atoms with Crippen molar-refractivity contribution in [2.45, 2.75) is 19.3 Å². The van der Waals surface area contributed by atoms with Gasteiger partial charge in [-0.1, -0.05) is 12.1 Å². The van der Waals surface area contributed by atoms with E-state index in [9.17, 15) is 12.8 Å². The van der Waals surface area contributed by atoms with Crippen LogP contribution in [0.5, 0.6) is 5.75 Å². The number of hydrogen-bond donors (Lipinski definition) is 1. The molecule has 0 bridgehead atoms. The Morgan fingerprint density at radius 2 is 1.85 bits per heavy atom. The van der Waals surface area contributed by atoms with Crippen LogP contribution in [0.15, 0.2) is 67.1 Å². The van der Waals surface area contributed by atoms with Crippen LogP contribution in [-0.2, 0) is 22.2 Å². The highest BCUT2D eigenvalue weighted by molar-refractivity contribution is 7.89. The Morgan fingerprint density at radius 3 is 2.65 bits per heavy atom. The maximum absolute atomic E-state index is 14.0. The van der Waals surface area contributed by atoms with Gasteiger partial charge in [-0.05, 0) is 54.4 Å². The Bertz CT molecular complexity index is 1430. The van der Waals surface area contributed by atoms with Crippen molar-refractivity contribution < 1.29 is 17.5 Å². The molecule has 0 saturated heterocycles. The Hall–Kier alpha value is -3.92. The predicted molar refractivity (Wildman–Crippen MR) is 127 cm³/mol. The lowest BCUT2D eigenvalue weighted by Crippen LogP contribution is -2.04. The number of ether oxygens (including phenoxy) is 1. The van der Waals surface area contributed by atoms with Crippen molar-refractivity contribution in [3.8, 4) is 17.1 Å². The van der Waals surface area contributed by atoms with Gasteiger partial charge in [-0.15, -0.1) is 0 Å². The van der Waals surface area contributed by atoms with Gasteiger partial charge < -0.3 is 10.1 Å². The van der Waals surface area contributed by atoms with Gasteiger partial charge in [0.15, 0.2) is 15.7 Å². The minimum Gasteiger partial charge on any atom is -0.488 e. The zero-order valence-corrected chi connectivity index (χ0v) is 19.4. The minimum absolute atomic E-state index is 0.0712. The number of rotatable bonds is 8. The minimum atomic E-state index is -3.16. The average Bonchev–Trinajstić information content (AvgIpc) is 2.77. The van der Waals surface area contributed by atoms with Crippen LogP contribution < -0.4 is 10.1 Å². The number of halogens is 1.